The van der Waals surface area contributed by atoms with Gasteiger partial charge in [-0.1, -0.05) is 6.92 Å². The highest BCUT2D eigenvalue weighted by molar-refractivity contribution is 5.89. The molecule has 1 amide bonds. The number of carboxylic acids is 1. The Hall–Kier alpha value is -1.85. The van der Waals surface area contributed by atoms with E-state index in [2.05, 4.69) is 10.3 Å². The van der Waals surface area contributed by atoms with E-state index in [1.54, 1.807) is 0 Å². The number of nitrogens with zero attached hydrogens (tertiary/aromatic N) is 1. The zero-order valence-corrected chi connectivity index (χ0v) is 7.56. The molecule has 0 saturated carbocycles. The van der Waals surface area contributed by atoms with E-state index in [9.17, 15) is 9.59 Å². The maximum Gasteiger partial charge on any atom is 0.308 e. The maximum absolute atomic E-state index is 11.2. The third kappa shape index (κ3) is 2.58. The van der Waals surface area contributed by atoms with Crippen LogP contribution in [0.1, 0.15) is 17.6 Å². The van der Waals surface area contributed by atoms with E-state index in [1.807, 2.05) is 0 Å². The second-order valence-electron chi connectivity index (χ2n) is 2.79. The smallest absolute Gasteiger partial charge is 0.308 e. The summed E-state index contributed by atoms with van der Waals surface area (Å²) in [4.78, 5) is 25.2. The molecule has 0 aliphatic carbocycles. The van der Waals surface area contributed by atoms with Crippen LogP contribution in [0.15, 0.2) is 16.9 Å². The number of carbonyl (C=O) groups excluding carboxylic acids is 1. The average Bonchev–Trinajstić information content (AvgIpc) is 2.66. The number of hydrogen-bond acceptors (Lipinski definition) is 4. The van der Waals surface area contributed by atoms with Gasteiger partial charge in [0.25, 0.3) is 5.89 Å². The van der Waals surface area contributed by atoms with Gasteiger partial charge in [0.1, 0.15) is 6.26 Å². The number of amides is 1. The Morgan fingerprint density at radius 1 is 1.71 bits per heavy atom. The standard InChI is InChI=1S/C8H10N2O4/c1-5(8(12)13)4-10-6(11)7-9-2-3-14-7/h2-3,5H,4H2,1H3,(H,10,11)(H,12,13). The minimum Gasteiger partial charge on any atom is -0.481 e. The van der Waals surface area contributed by atoms with E-state index >= 15 is 0 Å². The van der Waals surface area contributed by atoms with Crippen molar-refractivity contribution < 1.29 is 19.1 Å². The number of aliphatic carboxylic acids is 1. The predicted octanol–water partition coefficient (Wildman–Crippen LogP) is 0.125. The lowest BCUT2D eigenvalue weighted by molar-refractivity contribution is -0.140. The second kappa shape index (κ2) is 4.40. The van der Waals surface area contributed by atoms with Crippen LogP contribution >= 0.6 is 0 Å². The molecule has 0 radical (unpaired) electrons. The highest BCUT2D eigenvalue weighted by Crippen LogP contribution is 1.96. The summed E-state index contributed by atoms with van der Waals surface area (Å²) >= 11 is 0. The van der Waals surface area contributed by atoms with Crippen LogP contribution < -0.4 is 5.32 Å². The minimum atomic E-state index is -0.960. The van der Waals surface area contributed by atoms with Crippen LogP contribution in [0.3, 0.4) is 0 Å². The summed E-state index contributed by atoms with van der Waals surface area (Å²) in [5.74, 6) is -2.17. The fourth-order valence-corrected chi connectivity index (χ4v) is 0.744. The molecule has 6 nitrogen and oxygen atoms in total. The fraction of sp³-hybridized carbons (Fsp3) is 0.375. The van der Waals surface area contributed by atoms with Gasteiger partial charge >= 0.3 is 11.9 Å². The summed E-state index contributed by atoms with van der Waals surface area (Å²) in [5, 5.41) is 10.9. The van der Waals surface area contributed by atoms with Crippen molar-refractivity contribution in [2.24, 2.45) is 5.92 Å². The molecule has 2 N–H and O–H groups in total. The van der Waals surface area contributed by atoms with Gasteiger partial charge in [-0.15, -0.1) is 0 Å². The molecule has 6 heteroatoms. The van der Waals surface area contributed by atoms with E-state index < -0.39 is 17.8 Å². The highest BCUT2D eigenvalue weighted by atomic mass is 16.4. The van der Waals surface area contributed by atoms with Crippen molar-refractivity contribution in [1.82, 2.24) is 10.3 Å². The first-order valence-corrected chi connectivity index (χ1v) is 4.01. The van der Waals surface area contributed by atoms with Crippen LogP contribution in [0.4, 0.5) is 0 Å². The molecule has 1 atom stereocenters. The average molecular weight is 198 g/mol. The lowest BCUT2D eigenvalue weighted by atomic mass is 10.2. The molecular weight excluding hydrogens is 188 g/mol. The molecule has 14 heavy (non-hydrogen) atoms. The number of oxazole rings is 1. The van der Waals surface area contributed by atoms with Crippen molar-refractivity contribution in [3.8, 4) is 0 Å². The fourth-order valence-electron chi connectivity index (χ4n) is 0.744. The Morgan fingerprint density at radius 3 is 2.93 bits per heavy atom. The molecule has 1 heterocycles. The molecular formula is C8H10N2O4. The predicted molar refractivity (Wildman–Crippen MR) is 45.6 cm³/mol. The number of carbonyl (C=O) groups is 2. The summed E-state index contributed by atoms with van der Waals surface area (Å²) in [7, 11) is 0. The summed E-state index contributed by atoms with van der Waals surface area (Å²) in [6.45, 7) is 1.55. The molecule has 1 aromatic rings. The first-order chi connectivity index (χ1) is 6.61. The van der Waals surface area contributed by atoms with Crippen molar-refractivity contribution in [3.63, 3.8) is 0 Å². The molecule has 1 aromatic heterocycles. The normalized spacial score (nSPS) is 12.1. The van der Waals surface area contributed by atoms with Gasteiger partial charge in [0.05, 0.1) is 12.1 Å². The van der Waals surface area contributed by atoms with Gasteiger partial charge in [0.2, 0.25) is 0 Å². The molecule has 0 fully saturated rings. The quantitative estimate of drug-likeness (QED) is 0.717. The zero-order valence-electron chi connectivity index (χ0n) is 7.56. The van der Waals surface area contributed by atoms with Gasteiger partial charge in [-0.2, -0.15) is 0 Å². The van der Waals surface area contributed by atoms with E-state index in [0.717, 1.165) is 0 Å². The molecule has 76 valence electrons. The van der Waals surface area contributed by atoms with Gasteiger partial charge in [0, 0.05) is 6.54 Å². The van der Waals surface area contributed by atoms with Crippen molar-refractivity contribution in [2.45, 2.75) is 6.92 Å². The topological polar surface area (TPSA) is 92.4 Å². The van der Waals surface area contributed by atoms with E-state index in [-0.39, 0.29) is 12.4 Å². The maximum atomic E-state index is 11.2. The van der Waals surface area contributed by atoms with Gasteiger partial charge < -0.3 is 14.8 Å². The largest absolute Gasteiger partial charge is 0.481 e. The van der Waals surface area contributed by atoms with Gasteiger partial charge in [0.15, 0.2) is 0 Å². The summed E-state index contributed by atoms with van der Waals surface area (Å²) < 4.78 is 4.72. The summed E-state index contributed by atoms with van der Waals surface area (Å²) in [6, 6.07) is 0. The first-order valence-electron chi connectivity index (χ1n) is 4.01. The van der Waals surface area contributed by atoms with Gasteiger partial charge in [-0.05, 0) is 0 Å². The number of carboxylic acid groups (broad SMARTS) is 1. The van der Waals surface area contributed by atoms with Crippen LogP contribution in [0.2, 0.25) is 0 Å². The summed E-state index contributed by atoms with van der Waals surface area (Å²) in [5.41, 5.74) is 0. The Morgan fingerprint density at radius 2 is 2.43 bits per heavy atom. The van der Waals surface area contributed by atoms with Crippen molar-refractivity contribution in [2.75, 3.05) is 6.54 Å². The zero-order chi connectivity index (χ0) is 10.6. The third-order valence-corrected chi connectivity index (χ3v) is 1.62. The van der Waals surface area contributed by atoms with E-state index in [0.29, 0.717) is 0 Å². The Labute approximate surface area is 79.9 Å². The third-order valence-electron chi connectivity index (χ3n) is 1.62. The number of nitrogens with one attached hydrogen (secondary N) is 1. The van der Waals surface area contributed by atoms with Crippen LogP contribution in [0, 0.1) is 5.92 Å². The number of hydrogen-bond donors (Lipinski definition) is 2. The summed E-state index contributed by atoms with van der Waals surface area (Å²) in [6.07, 6.45) is 2.62. The van der Waals surface area contributed by atoms with Crippen LogP contribution in [-0.2, 0) is 4.79 Å². The van der Waals surface area contributed by atoms with Crippen molar-refractivity contribution in [1.29, 1.82) is 0 Å². The molecule has 0 bridgehead atoms. The SMILES string of the molecule is CC(CNC(=O)c1ncco1)C(=O)O. The Kier molecular flexibility index (Phi) is 3.22. The number of aromatic nitrogens is 1. The lowest BCUT2D eigenvalue weighted by Gasteiger charge is -2.05. The lowest BCUT2D eigenvalue weighted by Crippen LogP contribution is -2.31. The molecule has 0 aliphatic heterocycles. The first kappa shape index (κ1) is 10.2. The molecule has 0 spiro atoms. The van der Waals surface area contributed by atoms with E-state index in [1.165, 1.54) is 19.4 Å². The van der Waals surface area contributed by atoms with Gasteiger partial charge in [-0.3, -0.25) is 9.59 Å². The molecule has 1 unspecified atom stereocenters. The Balaban J connectivity index is 2.40. The van der Waals surface area contributed by atoms with Gasteiger partial charge in [-0.25, -0.2) is 4.98 Å². The Bertz CT molecular complexity index is 320. The van der Waals surface area contributed by atoms with Crippen LogP contribution in [-0.4, -0.2) is 28.5 Å². The highest BCUT2D eigenvalue weighted by Gasteiger charge is 2.15. The monoisotopic (exact) mass is 198 g/mol. The molecule has 0 saturated heterocycles. The van der Waals surface area contributed by atoms with Crippen molar-refractivity contribution in [3.05, 3.63) is 18.4 Å². The molecule has 0 aliphatic rings. The molecule has 0 aromatic carbocycles. The molecule has 1 rings (SSSR count). The van der Waals surface area contributed by atoms with Crippen molar-refractivity contribution >= 4 is 11.9 Å². The van der Waals surface area contributed by atoms with E-state index in [4.69, 9.17) is 9.52 Å². The second-order valence-corrected chi connectivity index (χ2v) is 2.79. The minimum absolute atomic E-state index is 0.0521. The number of rotatable bonds is 4. The van der Waals surface area contributed by atoms with Crippen LogP contribution in [0.25, 0.3) is 0 Å². The van der Waals surface area contributed by atoms with Crippen LogP contribution in [0.5, 0.6) is 0 Å².